The van der Waals surface area contributed by atoms with Crippen molar-refractivity contribution in [3.63, 3.8) is 0 Å². The van der Waals surface area contributed by atoms with Crippen molar-refractivity contribution in [2.75, 3.05) is 26.7 Å². The SMILES string of the molecule is CCCCN(CC(=O)N1CCc2sccc2C1c1ccc(OC)cc1)C(=O)c1ccc(-c2ccccc2)cc1. The van der Waals surface area contributed by atoms with E-state index >= 15 is 0 Å². The van der Waals surface area contributed by atoms with Crippen LogP contribution in [0, 0.1) is 0 Å². The Morgan fingerprint density at radius 1 is 0.949 bits per heavy atom. The van der Waals surface area contributed by atoms with Crippen LogP contribution in [0.1, 0.15) is 52.2 Å². The number of thiophene rings is 1. The third kappa shape index (κ3) is 5.91. The molecule has 3 aromatic carbocycles. The molecular weight excluding hydrogens is 504 g/mol. The number of ether oxygens (including phenoxy) is 1. The van der Waals surface area contributed by atoms with Gasteiger partial charge in [0, 0.05) is 23.5 Å². The number of unbranched alkanes of at least 4 members (excludes halogenated alkanes) is 1. The van der Waals surface area contributed by atoms with Gasteiger partial charge in [-0.2, -0.15) is 0 Å². The predicted octanol–water partition coefficient (Wildman–Crippen LogP) is 6.84. The average Bonchev–Trinajstić information content (AvgIpc) is 3.48. The molecule has 0 bridgehead atoms. The van der Waals surface area contributed by atoms with E-state index in [9.17, 15) is 9.59 Å². The van der Waals surface area contributed by atoms with E-state index in [2.05, 4.69) is 30.5 Å². The average molecular weight is 539 g/mol. The maximum Gasteiger partial charge on any atom is 0.254 e. The smallest absolute Gasteiger partial charge is 0.254 e. The van der Waals surface area contributed by atoms with Gasteiger partial charge < -0.3 is 14.5 Å². The number of amides is 2. The van der Waals surface area contributed by atoms with Crippen LogP contribution in [0.5, 0.6) is 5.75 Å². The topological polar surface area (TPSA) is 49.9 Å². The zero-order chi connectivity index (χ0) is 27.2. The highest BCUT2D eigenvalue weighted by molar-refractivity contribution is 7.10. The second-order valence-electron chi connectivity index (χ2n) is 9.84. The number of carbonyl (C=O) groups is 2. The van der Waals surface area contributed by atoms with Crippen molar-refractivity contribution >= 4 is 23.2 Å². The number of fused-ring (bicyclic) bond motifs is 1. The van der Waals surface area contributed by atoms with Gasteiger partial charge in [-0.25, -0.2) is 0 Å². The molecule has 4 aromatic rings. The zero-order valence-corrected chi connectivity index (χ0v) is 23.3. The number of nitrogens with zero attached hydrogens (tertiary/aromatic N) is 2. The first-order chi connectivity index (χ1) is 19.1. The molecule has 0 radical (unpaired) electrons. The van der Waals surface area contributed by atoms with Gasteiger partial charge in [0.05, 0.1) is 13.2 Å². The summed E-state index contributed by atoms with van der Waals surface area (Å²) in [7, 11) is 1.65. The van der Waals surface area contributed by atoms with E-state index in [0.29, 0.717) is 18.7 Å². The number of hydrogen-bond donors (Lipinski definition) is 0. The van der Waals surface area contributed by atoms with Crippen molar-refractivity contribution in [3.8, 4) is 16.9 Å². The predicted molar refractivity (Wildman–Crippen MR) is 157 cm³/mol. The zero-order valence-electron chi connectivity index (χ0n) is 22.5. The molecule has 0 N–H and O–H groups in total. The summed E-state index contributed by atoms with van der Waals surface area (Å²) >= 11 is 1.74. The van der Waals surface area contributed by atoms with E-state index in [4.69, 9.17) is 4.74 Å². The largest absolute Gasteiger partial charge is 0.497 e. The Bertz CT molecular complexity index is 1400. The first-order valence-corrected chi connectivity index (χ1v) is 14.4. The van der Waals surface area contributed by atoms with Crippen LogP contribution in [0.25, 0.3) is 11.1 Å². The molecule has 1 aliphatic heterocycles. The lowest BCUT2D eigenvalue weighted by molar-refractivity contribution is -0.134. The van der Waals surface area contributed by atoms with Gasteiger partial charge in [-0.3, -0.25) is 9.59 Å². The monoisotopic (exact) mass is 538 g/mol. The molecule has 1 aromatic heterocycles. The van der Waals surface area contributed by atoms with Gasteiger partial charge in [0.15, 0.2) is 0 Å². The Morgan fingerprint density at radius 3 is 2.36 bits per heavy atom. The molecule has 0 spiro atoms. The fraction of sp³-hybridized carbons (Fsp3) is 0.273. The Labute approximate surface area is 234 Å². The Hall–Kier alpha value is -3.90. The lowest BCUT2D eigenvalue weighted by Crippen LogP contribution is -2.47. The standard InChI is InChI=1S/C33H34N2O3S/c1-3-4-20-34(33(37)27-12-10-25(11-13-27)24-8-6-5-7-9-24)23-31(36)35-21-18-30-29(19-22-39-30)32(35)26-14-16-28(38-2)17-15-26/h5-17,19,22,32H,3-4,18,20-21,23H2,1-2H3. The van der Waals surface area contributed by atoms with E-state index in [-0.39, 0.29) is 24.4 Å². The number of methoxy groups -OCH3 is 1. The van der Waals surface area contributed by atoms with Crippen molar-refractivity contribution in [1.82, 2.24) is 9.80 Å². The summed E-state index contributed by atoms with van der Waals surface area (Å²) in [5.41, 5.74) is 4.99. The number of carbonyl (C=O) groups excluding carboxylic acids is 2. The molecule has 39 heavy (non-hydrogen) atoms. The van der Waals surface area contributed by atoms with Gasteiger partial charge in [-0.05, 0) is 70.8 Å². The molecule has 1 unspecified atom stereocenters. The molecular formula is C33H34N2O3S. The van der Waals surface area contributed by atoms with Crippen LogP contribution in [0.4, 0.5) is 0 Å². The summed E-state index contributed by atoms with van der Waals surface area (Å²) in [6.07, 6.45) is 2.62. The molecule has 5 rings (SSSR count). The minimum absolute atomic E-state index is 0.0296. The highest BCUT2D eigenvalue weighted by Gasteiger charge is 2.34. The van der Waals surface area contributed by atoms with Gasteiger partial charge in [0.1, 0.15) is 12.3 Å². The summed E-state index contributed by atoms with van der Waals surface area (Å²) in [6, 6.07) is 27.7. The molecule has 5 nitrogen and oxygen atoms in total. The molecule has 2 heterocycles. The fourth-order valence-corrected chi connectivity index (χ4v) is 6.11. The minimum atomic E-state index is -0.174. The normalized spacial score (nSPS) is 14.5. The summed E-state index contributed by atoms with van der Waals surface area (Å²) in [6.45, 7) is 3.34. The number of rotatable bonds is 9. The molecule has 0 aliphatic carbocycles. The van der Waals surface area contributed by atoms with Crippen LogP contribution < -0.4 is 4.74 Å². The lowest BCUT2D eigenvalue weighted by atomic mass is 9.93. The maximum absolute atomic E-state index is 13.9. The number of hydrogen-bond acceptors (Lipinski definition) is 4. The van der Waals surface area contributed by atoms with Crippen LogP contribution in [0.15, 0.2) is 90.3 Å². The van der Waals surface area contributed by atoms with Gasteiger partial charge in [-0.15, -0.1) is 11.3 Å². The summed E-state index contributed by atoms with van der Waals surface area (Å²) in [5, 5.41) is 2.10. The van der Waals surface area contributed by atoms with Crippen LogP contribution in [-0.4, -0.2) is 48.4 Å². The van der Waals surface area contributed by atoms with E-state index in [1.807, 2.05) is 71.6 Å². The quantitative estimate of drug-likeness (QED) is 0.234. The molecule has 0 saturated carbocycles. The van der Waals surface area contributed by atoms with E-state index < -0.39 is 0 Å². The van der Waals surface area contributed by atoms with Gasteiger partial charge in [-0.1, -0.05) is 67.9 Å². The van der Waals surface area contributed by atoms with Crippen molar-refractivity contribution < 1.29 is 14.3 Å². The first kappa shape index (κ1) is 26.7. The minimum Gasteiger partial charge on any atom is -0.497 e. The summed E-state index contributed by atoms with van der Waals surface area (Å²) < 4.78 is 5.35. The summed E-state index contributed by atoms with van der Waals surface area (Å²) in [4.78, 5) is 32.5. The highest BCUT2D eigenvalue weighted by atomic mass is 32.1. The van der Waals surface area contributed by atoms with E-state index in [1.54, 1.807) is 23.3 Å². The Morgan fingerprint density at radius 2 is 1.67 bits per heavy atom. The Kier molecular flexibility index (Phi) is 8.42. The van der Waals surface area contributed by atoms with Crippen LogP contribution in [0.2, 0.25) is 0 Å². The van der Waals surface area contributed by atoms with Crippen molar-refractivity contribution in [1.29, 1.82) is 0 Å². The third-order valence-electron chi connectivity index (χ3n) is 7.35. The van der Waals surface area contributed by atoms with Gasteiger partial charge >= 0.3 is 0 Å². The molecule has 0 saturated heterocycles. The molecule has 200 valence electrons. The van der Waals surface area contributed by atoms with Crippen LogP contribution >= 0.6 is 11.3 Å². The second-order valence-corrected chi connectivity index (χ2v) is 10.8. The lowest BCUT2D eigenvalue weighted by Gasteiger charge is -2.37. The van der Waals surface area contributed by atoms with E-state index in [0.717, 1.165) is 41.7 Å². The molecule has 1 aliphatic rings. The fourth-order valence-electron chi connectivity index (χ4n) is 5.20. The second kappa shape index (κ2) is 12.3. The highest BCUT2D eigenvalue weighted by Crippen LogP contribution is 2.38. The van der Waals surface area contributed by atoms with Gasteiger partial charge in [0.25, 0.3) is 5.91 Å². The first-order valence-electron chi connectivity index (χ1n) is 13.5. The molecule has 1 atom stereocenters. The third-order valence-corrected chi connectivity index (χ3v) is 8.35. The van der Waals surface area contributed by atoms with Crippen molar-refractivity contribution in [2.24, 2.45) is 0 Å². The number of benzene rings is 3. The maximum atomic E-state index is 13.9. The molecule has 0 fully saturated rings. The summed E-state index contributed by atoms with van der Waals surface area (Å²) in [5.74, 6) is 0.649. The van der Waals surface area contributed by atoms with Crippen molar-refractivity contribution in [3.05, 3.63) is 112 Å². The molecule has 6 heteroatoms. The Balaban J connectivity index is 1.38. The van der Waals surface area contributed by atoms with E-state index in [1.165, 1.54) is 10.4 Å². The van der Waals surface area contributed by atoms with Crippen LogP contribution in [-0.2, 0) is 11.2 Å². The van der Waals surface area contributed by atoms with Crippen LogP contribution in [0.3, 0.4) is 0 Å². The van der Waals surface area contributed by atoms with Crippen molar-refractivity contribution in [2.45, 2.75) is 32.2 Å². The molecule has 2 amide bonds. The van der Waals surface area contributed by atoms with Gasteiger partial charge in [0.2, 0.25) is 5.91 Å².